The highest BCUT2D eigenvalue weighted by molar-refractivity contribution is 5.89. The molecular formula is C16H20N2O3. The van der Waals surface area contributed by atoms with Gasteiger partial charge < -0.3 is 15.4 Å². The topological polar surface area (TPSA) is 67.4 Å². The van der Waals surface area contributed by atoms with Crippen LogP contribution < -0.4 is 10.6 Å². The van der Waals surface area contributed by atoms with Crippen LogP contribution in [0.2, 0.25) is 0 Å². The number of benzene rings is 1. The van der Waals surface area contributed by atoms with Crippen molar-refractivity contribution in [3.8, 4) is 0 Å². The number of hydrogen-bond acceptors (Lipinski definition) is 3. The fourth-order valence-corrected chi connectivity index (χ4v) is 3.15. The summed E-state index contributed by atoms with van der Waals surface area (Å²) in [5, 5.41) is 5.79. The Labute approximate surface area is 124 Å². The van der Waals surface area contributed by atoms with E-state index in [1.54, 1.807) is 0 Å². The number of ether oxygens (including phenoxy) is 1. The summed E-state index contributed by atoms with van der Waals surface area (Å²) in [6, 6.07) is 9.77. The van der Waals surface area contributed by atoms with Crippen molar-refractivity contribution in [1.29, 1.82) is 0 Å². The molecule has 5 nitrogen and oxygen atoms in total. The number of rotatable bonds is 3. The number of hydrogen-bond donors (Lipinski definition) is 2. The molecule has 2 heterocycles. The molecular weight excluding hydrogens is 268 g/mol. The molecule has 2 aliphatic rings. The first-order valence-corrected chi connectivity index (χ1v) is 7.42. The van der Waals surface area contributed by atoms with Gasteiger partial charge in [0.05, 0.1) is 11.5 Å². The molecule has 1 atom stereocenters. The minimum atomic E-state index is -0.537. The van der Waals surface area contributed by atoms with Gasteiger partial charge in [0.1, 0.15) is 0 Å². The minimum Gasteiger partial charge on any atom is -0.381 e. The van der Waals surface area contributed by atoms with Crippen LogP contribution in [0.5, 0.6) is 0 Å². The van der Waals surface area contributed by atoms with Crippen LogP contribution in [0.1, 0.15) is 24.8 Å². The molecule has 0 spiro atoms. The van der Waals surface area contributed by atoms with Gasteiger partial charge in [0, 0.05) is 26.2 Å². The summed E-state index contributed by atoms with van der Waals surface area (Å²) in [6.07, 6.45) is 1.72. The van der Waals surface area contributed by atoms with Gasteiger partial charge in [0.2, 0.25) is 11.8 Å². The van der Waals surface area contributed by atoms with Gasteiger partial charge in [-0.1, -0.05) is 30.3 Å². The highest BCUT2D eigenvalue weighted by Crippen LogP contribution is 2.35. The van der Waals surface area contributed by atoms with E-state index in [1.807, 2.05) is 30.3 Å². The Balaban J connectivity index is 1.82. The fourth-order valence-electron chi connectivity index (χ4n) is 3.15. The molecule has 2 amide bonds. The van der Waals surface area contributed by atoms with Crippen molar-refractivity contribution in [2.45, 2.75) is 30.7 Å². The molecule has 2 aliphatic heterocycles. The van der Waals surface area contributed by atoms with Crippen LogP contribution in [0.15, 0.2) is 30.3 Å². The van der Waals surface area contributed by atoms with E-state index >= 15 is 0 Å². The van der Waals surface area contributed by atoms with Crippen LogP contribution in [0.4, 0.5) is 0 Å². The van der Waals surface area contributed by atoms with E-state index in [-0.39, 0.29) is 17.9 Å². The lowest BCUT2D eigenvalue weighted by molar-refractivity contribution is -0.131. The SMILES string of the molecule is O=C1CC(NC(=O)C2(c3ccccc3)CCOCC2)CN1. The highest BCUT2D eigenvalue weighted by Gasteiger charge is 2.42. The molecule has 2 N–H and O–H groups in total. The predicted molar refractivity (Wildman–Crippen MR) is 77.7 cm³/mol. The Morgan fingerprint density at radius 2 is 1.95 bits per heavy atom. The molecule has 112 valence electrons. The first-order valence-electron chi connectivity index (χ1n) is 7.42. The molecule has 21 heavy (non-hydrogen) atoms. The third-order valence-corrected chi connectivity index (χ3v) is 4.42. The zero-order valence-corrected chi connectivity index (χ0v) is 11.9. The van der Waals surface area contributed by atoms with Crippen LogP contribution in [0, 0.1) is 0 Å². The summed E-state index contributed by atoms with van der Waals surface area (Å²) in [6.45, 7) is 1.69. The smallest absolute Gasteiger partial charge is 0.231 e. The second-order valence-electron chi connectivity index (χ2n) is 5.74. The fraction of sp³-hybridized carbons (Fsp3) is 0.500. The maximum Gasteiger partial charge on any atom is 0.231 e. The third-order valence-electron chi connectivity index (χ3n) is 4.42. The van der Waals surface area contributed by atoms with Crippen molar-refractivity contribution in [2.24, 2.45) is 0 Å². The zero-order chi connectivity index (χ0) is 14.7. The number of carbonyl (C=O) groups excluding carboxylic acids is 2. The van der Waals surface area contributed by atoms with E-state index in [9.17, 15) is 9.59 Å². The van der Waals surface area contributed by atoms with Crippen molar-refractivity contribution in [1.82, 2.24) is 10.6 Å². The Morgan fingerprint density at radius 3 is 2.57 bits per heavy atom. The van der Waals surface area contributed by atoms with Gasteiger partial charge in [-0.25, -0.2) is 0 Å². The first-order chi connectivity index (χ1) is 10.2. The maximum atomic E-state index is 12.9. The summed E-state index contributed by atoms with van der Waals surface area (Å²) in [7, 11) is 0. The Bertz CT molecular complexity index is 524. The van der Waals surface area contributed by atoms with E-state index in [0.29, 0.717) is 39.0 Å². The molecule has 0 bridgehead atoms. The van der Waals surface area contributed by atoms with Crippen LogP contribution in [0.25, 0.3) is 0 Å². The predicted octanol–water partition coefficient (Wildman–Crippen LogP) is 0.739. The summed E-state index contributed by atoms with van der Waals surface area (Å²) >= 11 is 0. The Hall–Kier alpha value is -1.88. The van der Waals surface area contributed by atoms with Gasteiger partial charge in [0.25, 0.3) is 0 Å². The summed E-state index contributed by atoms with van der Waals surface area (Å²) in [4.78, 5) is 24.2. The average molecular weight is 288 g/mol. The number of carbonyl (C=O) groups is 2. The standard InChI is InChI=1S/C16H20N2O3/c19-14-10-13(11-17-14)18-15(20)16(6-8-21-9-7-16)12-4-2-1-3-5-12/h1-5,13H,6-11H2,(H,17,19)(H,18,20). The van der Waals surface area contributed by atoms with Crippen molar-refractivity contribution >= 4 is 11.8 Å². The molecule has 0 aliphatic carbocycles. The van der Waals surface area contributed by atoms with E-state index in [0.717, 1.165) is 5.56 Å². The molecule has 5 heteroatoms. The molecule has 1 aromatic carbocycles. The Kier molecular flexibility index (Phi) is 3.92. The Morgan fingerprint density at radius 1 is 1.24 bits per heavy atom. The monoisotopic (exact) mass is 288 g/mol. The van der Waals surface area contributed by atoms with Crippen LogP contribution >= 0.6 is 0 Å². The lowest BCUT2D eigenvalue weighted by atomic mass is 9.73. The van der Waals surface area contributed by atoms with Gasteiger partial charge in [-0.2, -0.15) is 0 Å². The van der Waals surface area contributed by atoms with E-state index < -0.39 is 5.41 Å². The van der Waals surface area contributed by atoms with E-state index in [4.69, 9.17) is 4.74 Å². The van der Waals surface area contributed by atoms with Crippen LogP contribution in [-0.2, 0) is 19.7 Å². The van der Waals surface area contributed by atoms with Crippen molar-refractivity contribution in [3.63, 3.8) is 0 Å². The van der Waals surface area contributed by atoms with Gasteiger partial charge in [-0.05, 0) is 18.4 Å². The summed E-state index contributed by atoms with van der Waals surface area (Å²) in [5.74, 6) is 0.0135. The van der Waals surface area contributed by atoms with Crippen molar-refractivity contribution in [3.05, 3.63) is 35.9 Å². The van der Waals surface area contributed by atoms with Crippen molar-refractivity contribution < 1.29 is 14.3 Å². The summed E-state index contributed by atoms with van der Waals surface area (Å²) in [5.41, 5.74) is 0.494. The highest BCUT2D eigenvalue weighted by atomic mass is 16.5. The minimum absolute atomic E-state index is 0.000962. The average Bonchev–Trinajstić information content (AvgIpc) is 2.94. The van der Waals surface area contributed by atoms with Crippen LogP contribution in [0.3, 0.4) is 0 Å². The lowest BCUT2D eigenvalue weighted by Gasteiger charge is -2.37. The molecule has 1 unspecified atom stereocenters. The van der Waals surface area contributed by atoms with Gasteiger partial charge >= 0.3 is 0 Å². The van der Waals surface area contributed by atoms with Gasteiger partial charge in [-0.15, -0.1) is 0 Å². The quantitative estimate of drug-likeness (QED) is 0.862. The van der Waals surface area contributed by atoms with Crippen molar-refractivity contribution in [2.75, 3.05) is 19.8 Å². The third kappa shape index (κ3) is 2.78. The maximum absolute atomic E-state index is 12.9. The zero-order valence-electron chi connectivity index (χ0n) is 11.9. The molecule has 2 fully saturated rings. The van der Waals surface area contributed by atoms with E-state index in [1.165, 1.54) is 0 Å². The largest absolute Gasteiger partial charge is 0.381 e. The van der Waals surface area contributed by atoms with E-state index in [2.05, 4.69) is 10.6 Å². The molecule has 0 radical (unpaired) electrons. The molecule has 2 saturated heterocycles. The lowest BCUT2D eigenvalue weighted by Crippen LogP contribution is -2.51. The molecule has 0 aromatic heterocycles. The first kappa shape index (κ1) is 14.1. The number of amides is 2. The molecule has 1 aromatic rings. The molecule has 3 rings (SSSR count). The van der Waals surface area contributed by atoms with Gasteiger partial charge in [0.15, 0.2) is 0 Å². The van der Waals surface area contributed by atoms with Crippen LogP contribution in [-0.4, -0.2) is 37.6 Å². The normalized spacial score (nSPS) is 24.4. The summed E-state index contributed by atoms with van der Waals surface area (Å²) < 4.78 is 5.44. The number of nitrogens with one attached hydrogen (secondary N) is 2. The second-order valence-corrected chi connectivity index (χ2v) is 5.74. The molecule has 0 saturated carbocycles. The van der Waals surface area contributed by atoms with Gasteiger partial charge in [-0.3, -0.25) is 9.59 Å². The second kappa shape index (κ2) is 5.85.